The summed E-state index contributed by atoms with van der Waals surface area (Å²) in [5.74, 6) is 0.548. The Morgan fingerprint density at radius 3 is 3.06 bits per heavy atom. The molecule has 0 aliphatic carbocycles. The average molecular weight is 250 g/mol. The highest BCUT2D eigenvalue weighted by molar-refractivity contribution is 5.34. The van der Waals surface area contributed by atoms with Crippen molar-refractivity contribution in [3.05, 3.63) is 22.7 Å². The fourth-order valence-corrected chi connectivity index (χ4v) is 2.44. The Morgan fingerprint density at radius 2 is 2.39 bits per heavy atom. The second-order valence-electron chi connectivity index (χ2n) is 4.87. The maximum absolute atomic E-state index is 12.1. The van der Waals surface area contributed by atoms with E-state index in [0.717, 1.165) is 13.1 Å². The van der Waals surface area contributed by atoms with Gasteiger partial charge >= 0.3 is 0 Å². The Labute approximate surface area is 108 Å². The summed E-state index contributed by atoms with van der Waals surface area (Å²) in [6, 6.07) is 0.472. The van der Waals surface area contributed by atoms with E-state index in [4.69, 9.17) is 0 Å². The van der Waals surface area contributed by atoms with Crippen LogP contribution in [0.3, 0.4) is 0 Å². The lowest BCUT2D eigenvalue weighted by molar-refractivity contribution is 0.402. The Morgan fingerprint density at radius 1 is 1.56 bits per heavy atom. The number of hydrogen-bond donors (Lipinski definition) is 1. The minimum atomic E-state index is -0.00157. The van der Waals surface area contributed by atoms with Crippen LogP contribution in [0.1, 0.15) is 26.2 Å². The molecule has 1 aromatic rings. The van der Waals surface area contributed by atoms with Gasteiger partial charge in [0.25, 0.3) is 5.56 Å². The molecule has 1 saturated heterocycles. The monoisotopic (exact) mass is 250 g/mol. The molecule has 1 aliphatic heterocycles. The summed E-state index contributed by atoms with van der Waals surface area (Å²) in [5, 5.41) is 3.49. The molecule has 5 heteroatoms. The third-order valence-corrected chi connectivity index (χ3v) is 3.50. The maximum atomic E-state index is 12.1. The summed E-state index contributed by atoms with van der Waals surface area (Å²) < 4.78 is 1.69. The van der Waals surface area contributed by atoms with Crippen LogP contribution in [0.5, 0.6) is 0 Å². The highest BCUT2D eigenvalue weighted by atomic mass is 16.1. The van der Waals surface area contributed by atoms with Crippen LogP contribution >= 0.6 is 0 Å². The highest BCUT2D eigenvalue weighted by Crippen LogP contribution is 2.10. The van der Waals surface area contributed by atoms with E-state index in [2.05, 4.69) is 10.3 Å². The van der Waals surface area contributed by atoms with Gasteiger partial charge in [0.05, 0.1) is 0 Å². The van der Waals surface area contributed by atoms with Gasteiger partial charge in [-0.2, -0.15) is 0 Å². The molecule has 5 nitrogen and oxygen atoms in total. The molecular weight excluding hydrogens is 228 g/mol. The van der Waals surface area contributed by atoms with Gasteiger partial charge in [-0.3, -0.25) is 4.79 Å². The van der Waals surface area contributed by atoms with E-state index in [1.165, 1.54) is 19.3 Å². The van der Waals surface area contributed by atoms with Crippen LogP contribution in [0.2, 0.25) is 0 Å². The van der Waals surface area contributed by atoms with Crippen molar-refractivity contribution in [1.29, 1.82) is 0 Å². The third-order valence-electron chi connectivity index (χ3n) is 3.50. The number of nitrogens with one attached hydrogen (secondary N) is 1. The van der Waals surface area contributed by atoms with E-state index in [1.807, 2.05) is 18.9 Å². The fraction of sp³-hybridized carbons (Fsp3) is 0.692. The zero-order valence-corrected chi connectivity index (χ0v) is 11.2. The van der Waals surface area contributed by atoms with Gasteiger partial charge in [0.1, 0.15) is 0 Å². The van der Waals surface area contributed by atoms with Crippen molar-refractivity contribution in [2.45, 2.75) is 38.8 Å². The minimum absolute atomic E-state index is 0.00157. The molecule has 2 rings (SSSR count). The summed E-state index contributed by atoms with van der Waals surface area (Å²) in [7, 11) is 1.94. The molecule has 0 amide bonds. The first kappa shape index (κ1) is 13.1. The van der Waals surface area contributed by atoms with Crippen LogP contribution < -0.4 is 15.8 Å². The zero-order valence-electron chi connectivity index (χ0n) is 11.2. The number of rotatable bonds is 4. The summed E-state index contributed by atoms with van der Waals surface area (Å²) in [5.41, 5.74) is -0.00157. The van der Waals surface area contributed by atoms with Gasteiger partial charge < -0.3 is 14.8 Å². The SMILES string of the molecule is CCn1ccnc(N(C)CC2CCCCN2)c1=O. The first-order valence-electron chi connectivity index (χ1n) is 6.72. The first-order valence-corrected chi connectivity index (χ1v) is 6.72. The van der Waals surface area contributed by atoms with Crippen molar-refractivity contribution in [1.82, 2.24) is 14.9 Å². The molecule has 1 N–H and O–H groups in total. The molecule has 1 unspecified atom stereocenters. The lowest BCUT2D eigenvalue weighted by Crippen LogP contribution is -2.44. The van der Waals surface area contributed by atoms with Crippen molar-refractivity contribution < 1.29 is 0 Å². The zero-order chi connectivity index (χ0) is 13.0. The quantitative estimate of drug-likeness (QED) is 0.860. The van der Waals surface area contributed by atoms with Crippen molar-refractivity contribution in [2.24, 2.45) is 0 Å². The Kier molecular flexibility index (Phi) is 4.36. The van der Waals surface area contributed by atoms with Gasteiger partial charge in [-0.1, -0.05) is 6.42 Å². The van der Waals surface area contributed by atoms with Crippen LogP contribution in [-0.4, -0.2) is 35.7 Å². The maximum Gasteiger partial charge on any atom is 0.293 e. The van der Waals surface area contributed by atoms with Crippen LogP contribution in [0.4, 0.5) is 5.82 Å². The summed E-state index contributed by atoms with van der Waals surface area (Å²) in [6.07, 6.45) is 7.14. The van der Waals surface area contributed by atoms with Gasteiger partial charge in [-0.15, -0.1) is 0 Å². The second kappa shape index (κ2) is 6.00. The van der Waals surface area contributed by atoms with Gasteiger partial charge in [-0.25, -0.2) is 4.98 Å². The average Bonchev–Trinajstić information content (AvgIpc) is 2.40. The predicted molar refractivity (Wildman–Crippen MR) is 73.1 cm³/mol. The molecule has 1 fully saturated rings. The number of piperidine rings is 1. The molecular formula is C13H22N4O. The highest BCUT2D eigenvalue weighted by Gasteiger charge is 2.17. The van der Waals surface area contributed by atoms with Gasteiger partial charge in [-0.05, 0) is 26.3 Å². The Balaban J connectivity index is 2.08. The third kappa shape index (κ3) is 2.90. The molecule has 100 valence electrons. The van der Waals surface area contributed by atoms with Gasteiger partial charge in [0, 0.05) is 38.6 Å². The summed E-state index contributed by atoms with van der Waals surface area (Å²) >= 11 is 0. The van der Waals surface area contributed by atoms with E-state index in [9.17, 15) is 4.79 Å². The summed E-state index contributed by atoms with van der Waals surface area (Å²) in [4.78, 5) is 18.3. The lowest BCUT2D eigenvalue weighted by Gasteiger charge is -2.28. The second-order valence-corrected chi connectivity index (χ2v) is 4.87. The molecule has 18 heavy (non-hydrogen) atoms. The topological polar surface area (TPSA) is 50.2 Å². The molecule has 1 aromatic heterocycles. The van der Waals surface area contributed by atoms with E-state index < -0.39 is 0 Å². The molecule has 0 aromatic carbocycles. The predicted octanol–water partition coefficient (Wildman–Crippen LogP) is 0.841. The number of anilines is 1. The molecule has 2 heterocycles. The van der Waals surface area contributed by atoms with Crippen molar-refractivity contribution in [2.75, 3.05) is 25.0 Å². The van der Waals surface area contributed by atoms with E-state index in [0.29, 0.717) is 18.4 Å². The van der Waals surface area contributed by atoms with Gasteiger partial charge in [0.15, 0.2) is 5.82 Å². The number of nitrogens with zero attached hydrogens (tertiary/aromatic N) is 3. The molecule has 0 radical (unpaired) electrons. The molecule has 1 atom stereocenters. The summed E-state index contributed by atoms with van der Waals surface area (Å²) in [6.45, 7) is 4.58. The van der Waals surface area contributed by atoms with E-state index in [1.54, 1.807) is 17.0 Å². The number of aromatic nitrogens is 2. The van der Waals surface area contributed by atoms with E-state index in [-0.39, 0.29) is 5.56 Å². The normalized spacial score (nSPS) is 19.8. The molecule has 1 aliphatic rings. The van der Waals surface area contributed by atoms with Crippen molar-refractivity contribution >= 4 is 5.82 Å². The Bertz CT molecular complexity index is 437. The number of likely N-dealkylation sites (N-methyl/N-ethyl adjacent to an activating group) is 1. The van der Waals surface area contributed by atoms with E-state index >= 15 is 0 Å². The molecule has 0 spiro atoms. The fourth-order valence-electron chi connectivity index (χ4n) is 2.44. The smallest absolute Gasteiger partial charge is 0.293 e. The minimum Gasteiger partial charge on any atom is -0.354 e. The first-order chi connectivity index (χ1) is 8.72. The van der Waals surface area contributed by atoms with Crippen molar-refractivity contribution in [3.63, 3.8) is 0 Å². The largest absolute Gasteiger partial charge is 0.354 e. The van der Waals surface area contributed by atoms with Crippen LogP contribution in [0.15, 0.2) is 17.2 Å². The molecule has 0 saturated carbocycles. The van der Waals surface area contributed by atoms with Crippen molar-refractivity contribution in [3.8, 4) is 0 Å². The van der Waals surface area contributed by atoms with Crippen LogP contribution in [0.25, 0.3) is 0 Å². The standard InChI is InChI=1S/C13H22N4O/c1-3-17-9-8-15-12(13(17)18)16(2)10-11-6-4-5-7-14-11/h8-9,11,14H,3-7,10H2,1-2H3. The lowest BCUT2D eigenvalue weighted by atomic mass is 10.0. The van der Waals surface area contributed by atoms with Crippen LogP contribution in [-0.2, 0) is 6.54 Å². The van der Waals surface area contributed by atoms with Gasteiger partial charge in [0.2, 0.25) is 0 Å². The van der Waals surface area contributed by atoms with Crippen LogP contribution in [0, 0.1) is 0 Å². The Hall–Kier alpha value is -1.36. The number of aryl methyl sites for hydroxylation is 1. The molecule has 0 bridgehead atoms. The number of hydrogen-bond acceptors (Lipinski definition) is 4.